The van der Waals surface area contributed by atoms with Crippen LogP contribution in [0, 0.1) is 12.7 Å². The van der Waals surface area contributed by atoms with Crippen LogP contribution in [0.3, 0.4) is 0 Å². The molecule has 0 N–H and O–H groups in total. The van der Waals surface area contributed by atoms with Gasteiger partial charge in [-0.15, -0.1) is 0 Å². The summed E-state index contributed by atoms with van der Waals surface area (Å²) < 4.78 is 19.1. The van der Waals surface area contributed by atoms with Crippen molar-refractivity contribution in [3.63, 3.8) is 0 Å². The second kappa shape index (κ2) is 9.40. The Balaban J connectivity index is 1.78. The number of carbonyl (C=O) groups excluding carboxylic acids is 1. The molecule has 156 valence electrons. The van der Waals surface area contributed by atoms with Crippen molar-refractivity contribution in [2.45, 2.75) is 52.2 Å². The van der Waals surface area contributed by atoms with E-state index in [0.717, 1.165) is 43.7 Å². The highest BCUT2D eigenvalue weighted by Gasteiger charge is 2.30. The van der Waals surface area contributed by atoms with Crippen LogP contribution in [0.1, 0.15) is 48.2 Å². The van der Waals surface area contributed by atoms with Crippen molar-refractivity contribution in [1.29, 1.82) is 0 Å². The maximum absolute atomic E-state index is 14.3. The smallest absolute Gasteiger partial charge is 0.338 e. The van der Waals surface area contributed by atoms with Gasteiger partial charge in [-0.1, -0.05) is 30.3 Å². The molecule has 0 saturated carbocycles. The topological polar surface area (TPSA) is 32.8 Å². The van der Waals surface area contributed by atoms with Crippen molar-refractivity contribution in [3.05, 3.63) is 65.0 Å². The van der Waals surface area contributed by atoms with Crippen LogP contribution in [0.5, 0.6) is 0 Å². The molecule has 2 atom stereocenters. The third kappa shape index (κ3) is 4.78. The summed E-state index contributed by atoms with van der Waals surface area (Å²) in [4.78, 5) is 16.8. The summed E-state index contributed by atoms with van der Waals surface area (Å²) in [6.45, 7) is 8.94. The number of esters is 1. The number of benzene rings is 2. The highest BCUT2D eigenvalue weighted by molar-refractivity contribution is 5.92. The maximum atomic E-state index is 14.3. The fraction of sp³-hybridized carbons (Fsp3) is 0.458. The van der Waals surface area contributed by atoms with Crippen molar-refractivity contribution in [2.24, 2.45) is 0 Å². The summed E-state index contributed by atoms with van der Waals surface area (Å²) in [6, 6.07) is 14.1. The third-order valence-corrected chi connectivity index (χ3v) is 6.06. The average Bonchev–Trinajstić information content (AvgIpc) is 2.73. The molecule has 1 fully saturated rings. The first-order valence-electron chi connectivity index (χ1n) is 10.4. The molecule has 2 aromatic rings. The number of hydrogen-bond donors (Lipinski definition) is 0. The van der Waals surface area contributed by atoms with Crippen LogP contribution < -0.4 is 4.90 Å². The summed E-state index contributed by atoms with van der Waals surface area (Å²) in [5.41, 5.74) is 3.20. The minimum atomic E-state index is -0.495. The van der Waals surface area contributed by atoms with E-state index in [1.807, 2.05) is 13.0 Å². The summed E-state index contributed by atoms with van der Waals surface area (Å²) in [5, 5.41) is 0. The van der Waals surface area contributed by atoms with Crippen molar-refractivity contribution in [3.8, 4) is 0 Å². The molecule has 2 unspecified atom stereocenters. The molecule has 0 radical (unpaired) electrons. The number of hydrogen-bond acceptors (Lipinski definition) is 4. The van der Waals surface area contributed by atoms with Gasteiger partial charge in [-0.2, -0.15) is 0 Å². The number of nitrogens with zero attached hydrogens (tertiary/aromatic N) is 2. The molecule has 1 heterocycles. The number of halogens is 1. The van der Waals surface area contributed by atoms with Gasteiger partial charge in [0.1, 0.15) is 5.82 Å². The van der Waals surface area contributed by atoms with Crippen LogP contribution in [0.25, 0.3) is 0 Å². The number of piperidine rings is 1. The first-order chi connectivity index (χ1) is 13.9. The van der Waals surface area contributed by atoms with Gasteiger partial charge in [0, 0.05) is 37.4 Å². The summed E-state index contributed by atoms with van der Waals surface area (Å²) in [7, 11) is 1.33. The fourth-order valence-corrected chi connectivity index (χ4v) is 4.44. The van der Waals surface area contributed by atoms with Crippen molar-refractivity contribution in [1.82, 2.24) is 4.90 Å². The Morgan fingerprint density at radius 1 is 1.28 bits per heavy atom. The first-order valence-corrected chi connectivity index (χ1v) is 10.4. The molecule has 1 aliphatic rings. The third-order valence-electron chi connectivity index (χ3n) is 6.06. The van der Waals surface area contributed by atoms with E-state index < -0.39 is 11.8 Å². The van der Waals surface area contributed by atoms with Gasteiger partial charge in [-0.05, 0) is 56.9 Å². The van der Waals surface area contributed by atoms with E-state index >= 15 is 0 Å². The predicted molar refractivity (Wildman–Crippen MR) is 115 cm³/mol. The van der Waals surface area contributed by atoms with Crippen molar-refractivity contribution in [2.75, 3.05) is 25.1 Å². The van der Waals surface area contributed by atoms with E-state index in [1.165, 1.54) is 18.7 Å². The molecule has 0 aliphatic carbocycles. The Labute approximate surface area is 173 Å². The summed E-state index contributed by atoms with van der Waals surface area (Å²) >= 11 is 0. The van der Waals surface area contributed by atoms with E-state index in [2.05, 4.69) is 47.9 Å². The van der Waals surface area contributed by atoms with Gasteiger partial charge in [-0.3, -0.25) is 4.90 Å². The minimum Gasteiger partial charge on any atom is -0.465 e. The lowest BCUT2D eigenvalue weighted by atomic mass is 9.94. The van der Waals surface area contributed by atoms with Gasteiger partial charge in [0.05, 0.1) is 12.7 Å². The highest BCUT2D eigenvalue weighted by atomic mass is 19.1. The molecule has 0 amide bonds. The zero-order chi connectivity index (χ0) is 21.0. The lowest BCUT2D eigenvalue weighted by molar-refractivity contribution is 0.0599. The number of methoxy groups -OCH3 is 1. The van der Waals surface area contributed by atoms with E-state index in [4.69, 9.17) is 4.74 Å². The number of carbonyl (C=O) groups is 1. The second-order valence-corrected chi connectivity index (χ2v) is 7.86. The zero-order valence-electron chi connectivity index (χ0n) is 17.8. The van der Waals surface area contributed by atoms with E-state index in [-0.39, 0.29) is 0 Å². The molecule has 0 spiro atoms. The second-order valence-electron chi connectivity index (χ2n) is 7.86. The molecular weight excluding hydrogens is 367 g/mol. The molecule has 0 aromatic heterocycles. The average molecular weight is 399 g/mol. The van der Waals surface area contributed by atoms with Crippen molar-refractivity contribution < 1.29 is 13.9 Å². The Hall–Kier alpha value is -2.40. The number of anilines is 1. The lowest BCUT2D eigenvalue weighted by Crippen LogP contribution is -2.49. The molecule has 3 rings (SSSR count). The monoisotopic (exact) mass is 398 g/mol. The van der Waals surface area contributed by atoms with Crippen LogP contribution in [0.15, 0.2) is 42.5 Å². The van der Waals surface area contributed by atoms with Crippen LogP contribution >= 0.6 is 0 Å². The Kier molecular flexibility index (Phi) is 6.91. The van der Waals surface area contributed by atoms with E-state index in [1.54, 1.807) is 6.07 Å². The largest absolute Gasteiger partial charge is 0.465 e. The van der Waals surface area contributed by atoms with Gasteiger partial charge in [0.15, 0.2) is 0 Å². The molecule has 2 aromatic carbocycles. The van der Waals surface area contributed by atoms with Crippen molar-refractivity contribution >= 4 is 11.7 Å². The van der Waals surface area contributed by atoms with Gasteiger partial charge in [-0.25, -0.2) is 9.18 Å². The molecule has 29 heavy (non-hydrogen) atoms. The minimum absolute atomic E-state index is 0.301. The van der Waals surface area contributed by atoms with Crippen LogP contribution in [-0.2, 0) is 11.3 Å². The lowest BCUT2D eigenvalue weighted by Gasteiger charge is -2.43. The van der Waals surface area contributed by atoms with Crippen LogP contribution in [0.4, 0.5) is 10.1 Å². The van der Waals surface area contributed by atoms with Gasteiger partial charge in [0.2, 0.25) is 0 Å². The van der Waals surface area contributed by atoms with Crippen LogP contribution in [0.2, 0.25) is 0 Å². The maximum Gasteiger partial charge on any atom is 0.338 e. The molecule has 1 saturated heterocycles. The quantitative estimate of drug-likeness (QED) is 0.655. The van der Waals surface area contributed by atoms with Gasteiger partial charge >= 0.3 is 5.97 Å². The first kappa shape index (κ1) is 21.3. The number of rotatable bonds is 6. The van der Waals surface area contributed by atoms with E-state index in [9.17, 15) is 9.18 Å². The number of likely N-dealkylation sites (tertiary alicyclic amines) is 1. The Morgan fingerprint density at radius 2 is 2.00 bits per heavy atom. The van der Waals surface area contributed by atoms with E-state index in [0.29, 0.717) is 17.6 Å². The molecule has 1 aliphatic heterocycles. The van der Waals surface area contributed by atoms with Gasteiger partial charge < -0.3 is 9.64 Å². The van der Waals surface area contributed by atoms with Crippen LogP contribution in [-0.4, -0.2) is 43.2 Å². The standard InChI is InChI=1S/C24H31FN2O2/c1-5-27(23-15-20(25)14-22(18(23)3)24(28)29-4)21-11-12-26(17(2)13-21)16-19-9-7-6-8-10-19/h6-10,14-15,17,21H,5,11-13,16H2,1-4H3. The molecule has 5 heteroatoms. The summed E-state index contributed by atoms with van der Waals surface area (Å²) in [5.74, 6) is -0.899. The molecule has 0 bridgehead atoms. The Morgan fingerprint density at radius 3 is 2.62 bits per heavy atom. The fourth-order valence-electron chi connectivity index (χ4n) is 4.44. The van der Waals surface area contributed by atoms with Gasteiger partial charge in [0.25, 0.3) is 0 Å². The molecule has 4 nitrogen and oxygen atoms in total. The summed E-state index contributed by atoms with van der Waals surface area (Å²) in [6.07, 6.45) is 2.01. The normalized spacial score (nSPS) is 19.8. The predicted octanol–water partition coefficient (Wildman–Crippen LogP) is 4.80. The SMILES string of the molecule is CCN(c1cc(F)cc(C(=O)OC)c1C)C1CCN(Cc2ccccc2)C(C)C1. The Bertz CT molecular complexity index is 840. The zero-order valence-corrected chi connectivity index (χ0v) is 17.8. The number of ether oxygens (including phenoxy) is 1. The molecular formula is C24H31FN2O2. The highest BCUT2D eigenvalue weighted by Crippen LogP contribution is 2.32.